The molecular weight excluding hydrogens is 254 g/mol. The number of rotatable bonds is 4. The SMILES string of the molecule is Cc1nc(CN2CCCCC2Cn2cncn2)oc1C. The Morgan fingerprint density at radius 2 is 2.25 bits per heavy atom. The summed E-state index contributed by atoms with van der Waals surface area (Å²) in [5.41, 5.74) is 0.991. The summed E-state index contributed by atoms with van der Waals surface area (Å²) in [6, 6.07) is 0.484. The van der Waals surface area contributed by atoms with Gasteiger partial charge in [-0.15, -0.1) is 0 Å². The molecule has 3 heterocycles. The third-order valence-electron chi connectivity index (χ3n) is 4.02. The maximum atomic E-state index is 5.71. The number of hydrogen-bond donors (Lipinski definition) is 0. The molecule has 2 aromatic rings. The minimum Gasteiger partial charge on any atom is -0.444 e. The second-order valence-electron chi connectivity index (χ2n) is 5.49. The number of oxazole rings is 1. The number of aromatic nitrogens is 4. The average Bonchev–Trinajstić information content (AvgIpc) is 3.03. The zero-order valence-corrected chi connectivity index (χ0v) is 12.1. The van der Waals surface area contributed by atoms with Crippen molar-refractivity contribution in [2.45, 2.75) is 52.2 Å². The molecule has 0 spiro atoms. The molecule has 0 aliphatic carbocycles. The van der Waals surface area contributed by atoms with Gasteiger partial charge in [-0.25, -0.2) is 9.97 Å². The molecule has 1 aliphatic heterocycles. The van der Waals surface area contributed by atoms with Gasteiger partial charge in [0.2, 0.25) is 5.89 Å². The molecule has 1 aliphatic rings. The van der Waals surface area contributed by atoms with E-state index >= 15 is 0 Å². The number of piperidine rings is 1. The summed E-state index contributed by atoms with van der Waals surface area (Å²) in [5.74, 6) is 1.75. The first-order valence-corrected chi connectivity index (χ1v) is 7.22. The van der Waals surface area contributed by atoms with Gasteiger partial charge < -0.3 is 4.42 Å². The minimum atomic E-state index is 0.484. The van der Waals surface area contributed by atoms with E-state index in [0.717, 1.165) is 37.0 Å². The van der Waals surface area contributed by atoms with Crippen molar-refractivity contribution in [1.29, 1.82) is 0 Å². The van der Waals surface area contributed by atoms with Crippen molar-refractivity contribution >= 4 is 0 Å². The lowest BCUT2D eigenvalue weighted by molar-refractivity contribution is 0.110. The molecule has 0 saturated carbocycles. The number of likely N-dealkylation sites (tertiary alicyclic amines) is 1. The summed E-state index contributed by atoms with van der Waals surface area (Å²) < 4.78 is 7.62. The molecule has 1 unspecified atom stereocenters. The molecule has 0 aromatic carbocycles. The van der Waals surface area contributed by atoms with Crippen LogP contribution in [0.2, 0.25) is 0 Å². The Hall–Kier alpha value is -1.69. The van der Waals surface area contributed by atoms with Crippen molar-refractivity contribution in [3.63, 3.8) is 0 Å². The van der Waals surface area contributed by atoms with Crippen molar-refractivity contribution in [2.24, 2.45) is 0 Å². The second-order valence-corrected chi connectivity index (χ2v) is 5.49. The molecule has 0 amide bonds. The van der Waals surface area contributed by atoms with Crippen LogP contribution in [0.3, 0.4) is 0 Å². The van der Waals surface area contributed by atoms with Gasteiger partial charge in [-0.05, 0) is 33.2 Å². The highest BCUT2D eigenvalue weighted by atomic mass is 16.4. The molecular formula is C14H21N5O. The highest BCUT2D eigenvalue weighted by Crippen LogP contribution is 2.21. The summed E-state index contributed by atoms with van der Waals surface area (Å²) in [6.07, 6.45) is 7.09. The first kappa shape index (κ1) is 13.3. The van der Waals surface area contributed by atoms with Crippen LogP contribution in [0, 0.1) is 13.8 Å². The quantitative estimate of drug-likeness (QED) is 0.853. The standard InChI is InChI=1S/C14H21N5O/c1-11-12(2)20-14(17-11)8-18-6-4-3-5-13(18)7-19-10-15-9-16-19/h9-10,13H,3-8H2,1-2H3. The normalized spacial score (nSPS) is 20.4. The van der Waals surface area contributed by atoms with E-state index in [9.17, 15) is 0 Å². The van der Waals surface area contributed by atoms with E-state index in [1.807, 2.05) is 18.5 Å². The zero-order chi connectivity index (χ0) is 13.9. The first-order chi connectivity index (χ1) is 9.72. The first-order valence-electron chi connectivity index (χ1n) is 7.22. The molecule has 108 valence electrons. The van der Waals surface area contributed by atoms with Crippen LogP contribution in [-0.2, 0) is 13.1 Å². The lowest BCUT2D eigenvalue weighted by atomic mass is 10.0. The fourth-order valence-electron chi connectivity index (χ4n) is 2.80. The summed E-state index contributed by atoms with van der Waals surface area (Å²) in [5, 5.41) is 4.21. The van der Waals surface area contributed by atoms with Gasteiger partial charge >= 0.3 is 0 Å². The van der Waals surface area contributed by atoms with Gasteiger partial charge in [-0.2, -0.15) is 5.10 Å². The highest BCUT2D eigenvalue weighted by molar-refractivity contribution is 5.05. The molecule has 3 rings (SSSR count). The predicted molar refractivity (Wildman–Crippen MR) is 74.0 cm³/mol. The molecule has 1 saturated heterocycles. The van der Waals surface area contributed by atoms with Crippen LogP contribution < -0.4 is 0 Å². The summed E-state index contributed by atoms with van der Waals surface area (Å²) in [7, 11) is 0. The van der Waals surface area contributed by atoms with E-state index in [4.69, 9.17) is 4.42 Å². The van der Waals surface area contributed by atoms with E-state index in [-0.39, 0.29) is 0 Å². The van der Waals surface area contributed by atoms with E-state index < -0.39 is 0 Å². The van der Waals surface area contributed by atoms with Crippen LogP contribution in [0.4, 0.5) is 0 Å². The molecule has 6 heteroatoms. The molecule has 6 nitrogen and oxygen atoms in total. The van der Waals surface area contributed by atoms with E-state index in [1.165, 1.54) is 19.3 Å². The highest BCUT2D eigenvalue weighted by Gasteiger charge is 2.24. The topological polar surface area (TPSA) is 60.0 Å². The molecule has 1 fully saturated rings. The Bertz CT molecular complexity index is 528. The Morgan fingerprint density at radius 1 is 1.35 bits per heavy atom. The minimum absolute atomic E-state index is 0.484. The smallest absolute Gasteiger partial charge is 0.208 e. The number of nitrogens with zero attached hydrogens (tertiary/aromatic N) is 5. The third kappa shape index (κ3) is 2.90. The fourth-order valence-corrected chi connectivity index (χ4v) is 2.80. The van der Waals surface area contributed by atoms with Crippen molar-refractivity contribution in [3.8, 4) is 0 Å². The third-order valence-corrected chi connectivity index (χ3v) is 4.02. The van der Waals surface area contributed by atoms with Crippen molar-refractivity contribution in [3.05, 3.63) is 30.0 Å². The van der Waals surface area contributed by atoms with Gasteiger partial charge in [0.15, 0.2) is 0 Å². The largest absolute Gasteiger partial charge is 0.444 e. The van der Waals surface area contributed by atoms with Gasteiger partial charge in [0.1, 0.15) is 18.4 Å². The van der Waals surface area contributed by atoms with Gasteiger partial charge in [-0.3, -0.25) is 9.58 Å². The summed E-state index contributed by atoms with van der Waals surface area (Å²) >= 11 is 0. The maximum absolute atomic E-state index is 5.71. The molecule has 0 bridgehead atoms. The lowest BCUT2D eigenvalue weighted by Crippen LogP contribution is -2.41. The summed E-state index contributed by atoms with van der Waals surface area (Å²) in [4.78, 5) is 11.0. The second kappa shape index (κ2) is 5.75. The van der Waals surface area contributed by atoms with Crippen LogP contribution in [0.1, 0.15) is 36.6 Å². The predicted octanol–water partition coefficient (Wildman–Crippen LogP) is 1.94. The molecule has 0 N–H and O–H groups in total. The molecule has 2 aromatic heterocycles. The maximum Gasteiger partial charge on any atom is 0.208 e. The zero-order valence-electron chi connectivity index (χ0n) is 12.1. The molecule has 1 atom stereocenters. The lowest BCUT2D eigenvalue weighted by Gasteiger charge is -2.34. The Morgan fingerprint density at radius 3 is 2.95 bits per heavy atom. The van der Waals surface area contributed by atoms with Gasteiger partial charge in [0.05, 0.1) is 18.8 Å². The van der Waals surface area contributed by atoms with Gasteiger partial charge in [0, 0.05) is 6.04 Å². The van der Waals surface area contributed by atoms with Crippen molar-refractivity contribution in [1.82, 2.24) is 24.6 Å². The summed E-state index contributed by atoms with van der Waals surface area (Å²) in [6.45, 7) is 6.73. The molecule has 0 radical (unpaired) electrons. The van der Waals surface area contributed by atoms with E-state index in [1.54, 1.807) is 12.7 Å². The van der Waals surface area contributed by atoms with Gasteiger partial charge in [0.25, 0.3) is 0 Å². The van der Waals surface area contributed by atoms with Gasteiger partial charge in [-0.1, -0.05) is 6.42 Å². The Labute approximate surface area is 118 Å². The Balaban J connectivity index is 1.68. The van der Waals surface area contributed by atoms with Crippen LogP contribution in [0.5, 0.6) is 0 Å². The Kier molecular flexibility index (Phi) is 3.82. The monoisotopic (exact) mass is 275 g/mol. The number of hydrogen-bond acceptors (Lipinski definition) is 5. The van der Waals surface area contributed by atoms with Crippen LogP contribution in [0.25, 0.3) is 0 Å². The van der Waals surface area contributed by atoms with E-state index in [2.05, 4.69) is 20.0 Å². The fraction of sp³-hybridized carbons (Fsp3) is 0.643. The van der Waals surface area contributed by atoms with E-state index in [0.29, 0.717) is 6.04 Å². The average molecular weight is 275 g/mol. The van der Waals surface area contributed by atoms with Crippen LogP contribution in [0.15, 0.2) is 17.1 Å². The van der Waals surface area contributed by atoms with Crippen molar-refractivity contribution < 1.29 is 4.42 Å². The van der Waals surface area contributed by atoms with Crippen molar-refractivity contribution in [2.75, 3.05) is 6.54 Å². The van der Waals surface area contributed by atoms with Crippen LogP contribution >= 0.6 is 0 Å². The molecule has 20 heavy (non-hydrogen) atoms. The number of aryl methyl sites for hydroxylation is 2. The van der Waals surface area contributed by atoms with Crippen LogP contribution in [-0.4, -0.2) is 37.2 Å².